The lowest BCUT2D eigenvalue weighted by molar-refractivity contribution is -0.120. The van der Waals surface area contributed by atoms with E-state index in [0.717, 1.165) is 12.0 Å². The summed E-state index contributed by atoms with van der Waals surface area (Å²) in [6, 6.07) is 8.48. The van der Waals surface area contributed by atoms with Crippen LogP contribution in [0.5, 0.6) is 0 Å². The molecule has 0 aliphatic heterocycles. The highest BCUT2D eigenvalue weighted by molar-refractivity contribution is 7.99. The van der Waals surface area contributed by atoms with Gasteiger partial charge in [0.2, 0.25) is 11.1 Å². The number of hydrogen-bond acceptors (Lipinski definition) is 5. The Hall–Kier alpha value is -2.02. The Kier molecular flexibility index (Phi) is 6.56. The number of rotatable bonds is 5. The molecule has 0 unspecified atom stereocenters. The fraction of sp³-hybridized carbons (Fsp3) is 0.591. The minimum Gasteiger partial charge on any atom is -0.352 e. The highest BCUT2D eigenvalue weighted by atomic mass is 32.2. The first-order chi connectivity index (χ1) is 13.7. The Morgan fingerprint density at radius 1 is 1.21 bits per heavy atom. The van der Waals surface area contributed by atoms with Gasteiger partial charge in [-0.15, -0.1) is 10.2 Å². The molecule has 2 aromatic rings. The van der Waals surface area contributed by atoms with Gasteiger partial charge in [0.1, 0.15) is 0 Å². The van der Waals surface area contributed by atoms with Gasteiger partial charge >= 0.3 is 0 Å². The Morgan fingerprint density at radius 3 is 2.55 bits per heavy atom. The summed E-state index contributed by atoms with van der Waals surface area (Å²) in [5, 5.41) is 12.1. The van der Waals surface area contributed by atoms with Crippen LogP contribution in [0.2, 0.25) is 0 Å². The molecule has 1 saturated carbocycles. The molecule has 158 valence electrons. The number of benzene rings is 1. The highest BCUT2D eigenvalue weighted by Crippen LogP contribution is 2.30. The van der Waals surface area contributed by atoms with E-state index >= 15 is 0 Å². The van der Waals surface area contributed by atoms with Gasteiger partial charge in [-0.2, -0.15) is 0 Å². The average molecular weight is 416 g/mol. The van der Waals surface area contributed by atoms with Crippen molar-refractivity contribution in [2.45, 2.75) is 70.5 Å². The molecule has 3 atom stereocenters. The van der Waals surface area contributed by atoms with E-state index in [1.165, 1.54) is 34.8 Å². The number of nitrogens with one attached hydrogen (secondary N) is 1. The number of carbonyl (C=O) groups is 1. The van der Waals surface area contributed by atoms with E-state index < -0.39 is 0 Å². The molecule has 0 saturated heterocycles. The van der Waals surface area contributed by atoms with E-state index in [9.17, 15) is 4.79 Å². The van der Waals surface area contributed by atoms with Crippen LogP contribution in [0.1, 0.15) is 59.4 Å². The molecule has 6 nitrogen and oxygen atoms in total. The van der Waals surface area contributed by atoms with Crippen LogP contribution < -0.4 is 11.2 Å². The smallest absolute Gasteiger partial charge is 0.230 e. The zero-order chi connectivity index (χ0) is 21.2. The van der Waals surface area contributed by atoms with Gasteiger partial charge in [0, 0.05) is 11.6 Å². The fourth-order valence-electron chi connectivity index (χ4n) is 3.86. The molecular formula is C22H33N5OS. The van der Waals surface area contributed by atoms with Crippen LogP contribution in [0.4, 0.5) is 0 Å². The molecule has 1 amide bonds. The van der Waals surface area contributed by atoms with Crippen molar-refractivity contribution in [3.05, 3.63) is 29.8 Å². The van der Waals surface area contributed by atoms with Gasteiger partial charge < -0.3 is 11.2 Å². The lowest BCUT2D eigenvalue weighted by Crippen LogP contribution is -2.44. The van der Waals surface area contributed by atoms with Crippen LogP contribution >= 0.6 is 11.8 Å². The lowest BCUT2D eigenvalue weighted by Gasteiger charge is -2.34. The predicted octanol–water partition coefficient (Wildman–Crippen LogP) is 3.99. The van der Waals surface area contributed by atoms with Gasteiger partial charge in [0.15, 0.2) is 5.82 Å². The molecule has 1 aromatic heterocycles. The van der Waals surface area contributed by atoms with Crippen LogP contribution in [0.3, 0.4) is 0 Å². The number of aromatic nitrogens is 3. The van der Waals surface area contributed by atoms with E-state index in [2.05, 4.69) is 62.3 Å². The molecule has 3 rings (SSSR count). The Morgan fingerprint density at radius 2 is 1.90 bits per heavy atom. The van der Waals surface area contributed by atoms with Gasteiger partial charge in [0.25, 0.3) is 0 Å². The molecule has 1 aliphatic rings. The van der Waals surface area contributed by atoms with Crippen molar-refractivity contribution in [2.75, 3.05) is 11.6 Å². The third kappa shape index (κ3) is 5.13. The highest BCUT2D eigenvalue weighted by Gasteiger charge is 2.28. The molecule has 3 N–H and O–H groups in total. The SMILES string of the molecule is C[C@H]1[C@H](C)CCC[C@@H]1NC(=O)CSc1nnc(-c2ccc(C(C)(C)C)cc2)n1N. The van der Waals surface area contributed by atoms with Crippen LogP contribution in [-0.2, 0) is 10.2 Å². The van der Waals surface area contributed by atoms with E-state index in [1.807, 2.05) is 12.1 Å². The first kappa shape index (κ1) is 21.7. The molecule has 7 heteroatoms. The van der Waals surface area contributed by atoms with Crippen molar-refractivity contribution in [3.63, 3.8) is 0 Å². The van der Waals surface area contributed by atoms with Gasteiger partial charge in [0.05, 0.1) is 5.75 Å². The summed E-state index contributed by atoms with van der Waals surface area (Å²) in [5.74, 6) is 8.29. The topological polar surface area (TPSA) is 85.8 Å². The zero-order valence-corrected chi connectivity index (χ0v) is 18.9. The van der Waals surface area contributed by atoms with Crippen molar-refractivity contribution in [1.29, 1.82) is 0 Å². The molecule has 29 heavy (non-hydrogen) atoms. The first-order valence-corrected chi connectivity index (χ1v) is 11.4. The van der Waals surface area contributed by atoms with Crippen LogP contribution in [0.15, 0.2) is 29.4 Å². The van der Waals surface area contributed by atoms with Crippen molar-refractivity contribution in [2.24, 2.45) is 11.8 Å². The monoisotopic (exact) mass is 415 g/mol. The van der Waals surface area contributed by atoms with E-state index in [0.29, 0.717) is 22.8 Å². The molecule has 0 bridgehead atoms. The fourth-order valence-corrected chi connectivity index (χ4v) is 4.52. The van der Waals surface area contributed by atoms with Gasteiger partial charge in [-0.25, -0.2) is 4.68 Å². The maximum atomic E-state index is 12.4. The normalized spacial score (nSPS) is 22.4. The molecule has 0 spiro atoms. The van der Waals surface area contributed by atoms with E-state index in [-0.39, 0.29) is 23.1 Å². The number of nitrogens with zero attached hydrogens (tertiary/aromatic N) is 3. The minimum atomic E-state index is 0.0278. The summed E-state index contributed by atoms with van der Waals surface area (Å²) in [5.41, 5.74) is 2.26. The second-order valence-corrected chi connectivity index (χ2v) is 10.2. The van der Waals surface area contributed by atoms with Crippen LogP contribution in [0, 0.1) is 11.8 Å². The quantitative estimate of drug-likeness (QED) is 0.570. The maximum Gasteiger partial charge on any atom is 0.230 e. The summed E-state index contributed by atoms with van der Waals surface area (Å²) in [4.78, 5) is 12.4. The zero-order valence-electron chi connectivity index (χ0n) is 18.1. The second kappa shape index (κ2) is 8.78. The summed E-state index contributed by atoms with van der Waals surface area (Å²) < 4.78 is 1.47. The largest absolute Gasteiger partial charge is 0.352 e. The summed E-state index contributed by atoms with van der Waals surface area (Å²) in [7, 11) is 0. The van der Waals surface area contributed by atoms with Crippen molar-refractivity contribution in [3.8, 4) is 11.4 Å². The minimum absolute atomic E-state index is 0.0278. The van der Waals surface area contributed by atoms with Gasteiger partial charge in [-0.05, 0) is 29.2 Å². The van der Waals surface area contributed by atoms with E-state index in [1.54, 1.807) is 0 Å². The Bertz CT molecular complexity index is 840. The second-order valence-electron chi connectivity index (χ2n) is 9.23. The first-order valence-electron chi connectivity index (χ1n) is 10.4. The van der Waals surface area contributed by atoms with Crippen molar-refractivity contribution in [1.82, 2.24) is 20.2 Å². The van der Waals surface area contributed by atoms with E-state index in [4.69, 9.17) is 5.84 Å². The molecule has 1 fully saturated rings. The maximum absolute atomic E-state index is 12.4. The predicted molar refractivity (Wildman–Crippen MR) is 119 cm³/mol. The van der Waals surface area contributed by atoms with Crippen molar-refractivity contribution >= 4 is 17.7 Å². The van der Waals surface area contributed by atoms with Gasteiger partial charge in [-0.1, -0.05) is 83.5 Å². The number of nitrogens with two attached hydrogens (primary N) is 1. The van der Waals surface area contributed by atoms with Gasteiger partial charge in [-0.3, -0.25) is 4.79 Å². The summed E-state index contributed by atoms with van der Waals surface area (Å²) in [6.07, 6.45) is 3.49. The molecule has 1 aliphatic carbocycles. The Balaban J connectivity index is 1.60. The number of amides is 1. The molecule has 1 heterocycles. The van der Waals surface area contributed by atoms with Crippen LogP contribution in [0.25, 0.3) is 11.4 Å². The molecular weight excluding hydrogens is 382 g/mol. The molecule has 0 radical (unpaired) electrons. The lowest BCUT2D eigenvalue weighted by atomic mass is 9.78. The third-order valence-electron chi connectivity index (χ3n) is 6.06. The molecule has 1 aromatic carbocycles. The number of hydrogen-bond donors (Lipinski definition) is 2. The number of thioether (sulfide) groups is 1. The average Bonchev–Trinajstić information content (AvgIpc) is 3.04. The van der Waals surface area contributed by atoms with Crippen LogP contribution in [-0.4, -0.2) is 32.6 Å². The third-order valence-corrected chi connectivity index (χ3v) is 7.00. The van der Waals surface area contributed by atoms with Crippen molar-refractivity contribution < 1.29 is 4.79 Å². The Labute approximate surface area is 178 Å². The number of carbonyl (C=O) groups excluding carboxylic acids is 1. The number of nitrogen functional groups attached to an aromatic ring is 1. The summed E-state index contributed by atoms with van der Waals surface area (Å²) >= 11 is 1.32. The standard InChI is InChI=1S/C22H33N5OS/c1-14-7-6-8-18(15(14)2)24-19(28)13-29-21-26-25-20(27(21)23)16-9-11-17(12-10-16)22(3,4)5/h9-12,14-15,18H,6-8,13,23H2,1-5H3,(H,24,28)/t14-,15+,18+/m1/s1. The summed E-state index contributed by atoms with van der Waals surface area (Å²) in [6.45, 7) is 11.0.